The molecule has 2 aromatic rings. The molecule has 1 heterocycles. The maximum atomic E-state index is 7.61. The first kappa shape index (κ1) is 32.0. The average molecular weight is 365 g/mol. The fraction of sp³-hybridized carbons (Fsp3) is 0.421. The van der Waals surface area contributed by atoms with Gasteiger partial charge in [-0.1, -0.05) is 69.7 Å². The molecule has 4 N–H and O–H groups in total. The summed E-state index contributed by atoms with van der Waals surface area (Å²) in [5.74, 6) is 0. The fourth-order valence-electron chi connectivity index (χ4n) is 0.983. The van der Waals surface area contributed by atoms with E-state index in [-0.39, 0.29) is 0 Å². The summed E-state index contributed by atoms with van der Waals surface area (Å²) in [5, 5.41) is 30.4. The second-order valence-electron chi connectivity index (χ2n) is 4.39. The van der Waals surface area contributed by atoms with E-state index in [9.17, 15) is 0 Å². The minimum absolute atomic E-state index is 1.07. The Kier molecular flexibility index (Phi) is 34.7. The molecule has 0 aliphatic heterocycles. The minimum atomic E-state index is -1.17. The summed E-state index contributed by atoms with van der Waals surface area (Å²) in [7, 11) is -2.33. The van der Waals surface area contributed by atoms with Crippen molar-refractivity contribution in [3.05, 3.63) is 66.0 Å². The molecule has 0 aliphatic carbocycles. The molecule has 2 rings (SSSR count). The highest BCUT2D eigenvalue weighted by Gasteiger charge is 1.86. The Morgan fingerprint density at radius 1 is 0.654 bits per heavy atom. The third kappa shape index (κ3) is 49.5. The van der Waals surface area contributed by atoms with E-state index in [1.54, 1.807) is 6.20 Å². The molecule has 0 radical (unpaired) electrons. The molecule has 26 heavy (non-hydrogen) atoms. The Bertz CT molecular complexity index is 395. The van der Waals surface area contributed by atoms with Crippen LogP contribution in [0.1, 0.15) is 39.0 Å². The van der Waals surface area contributed by atoms with Crippen LogP contribution in [-0.2, 0) is 0 Å². The zero-order chi connectivity index (χ0) is 21.4. The van der Waals surface area contributed by atoms with Crippen molar-refractivity contribution in [1.82, 2.24) is 4.98 Å². The number of aromatic nitrogens is 1. The fourth-order valence-corrected chi connectivity index (χ4v) is 0.983. The van der Waals surface area contributed by atoms with Gasteiger partial charge in [0.1, 0.15) is 0 Å². The summed E-state index contributed by atoms with van der Waals surface area (Å²) >= 11 is 0. The number of hydrogen-bond donors (Lipinski definition) is 4. The van der Waals surface area contributed by atoms with Crippen LogP contribution in [0.4, 0.5) is 0 Å². The zero-order valence-corrected chi connectivity index (χ0v) is 17.6. The van der Waals surface area contributed by atoms with E-state index in [1.807, 2.05) is 71.0 Å². The van der Waals surface area contributed by atoms with Gasteiger partial charge in [0.05, 0.1) is 0 Å². The van der Waals surface area contributed by atoms with Crippen molar-refractivity contribution in [2.45, 2.75) is 55.2 Å². The third-order valence-electron chi connectivity index (χ3n) is 1.75. The van der Waals surface area contributed by atoms with Gasteiger partial charge in [0, 0.05) is 11.9 Å². The first-order valence-electron chi connectivity index (χ1n) is 8.87. The van der Waals surface area contributed by atoms with Crippen LogP contribution in [0, 0.1) is 13.8 Å². The van der Waals surface area contributed by atoms with Gasteiger partial charge in [0.2, 0.25) is 0 Å². The molecule has 0 fully saturated rings. The van der Waals surface area contributed by atoms with E-state index in [1.165, 1.54) is 19.2 Å². The second kappa shape index (κ2) is 28.2. The van der Waals surface area contributed by atoms with Crippen molar-refractivity contribution in [3.8, 4) is 0 Å². The van der Waals surface area contributed by atoms with Crippen LogP contribution >= 0.6 is 0 Å². The standard InChI is InChI=1S/C7H8.C6H7N.2C2H6.2CH5BO2/c1-7-5-3-2-4-6-7;1-6-4-2-3-5-7-6;2*1-2;2*1-2(3)4/h2-6H,1H3;2-5H,1H3;2*1-2H3;2*3-4H,1H3. The van der Waals surface area contributed by atoms with E-state index >= 15 is 0 Å². The molecule has 0 saturated heterocycles. The van der Waals surface area contributed by atoms with Gasteiger partial charge in [0.15, 0.2) is 0 Å². The van der Waals surface area contributed by atoms with Crippen molar-refractivity contribution >= 4 is 14.2 Å². The molecular weight excluding hydrogens is 328 g/mol. The number of aryl methyl sites for hydroxylation is 2. The highest BCUT2D eigenvalue weighted by Crippen LogP contribution is 1.92. The number of pyridine rings is 1. The maximum Gasteiger partial charge on any atom is 0.448 e. The average Bonchev–Trinajstić information content (AvgIpc) is 2.59. The summed E-state index contributed by atoms with van der Waals surface area (Å²) in [6.07, 6.45) is 1.79. The van der Waals surface area contributed by atoms with Gasteiger partial charge >= 0.3 is 14.2 Å². The molecule has 0 unspecified atom stereocenters. The molecule has 0 aliphatic rings. The molecule has 0 amide bonds. The van der Waals surface area contributed by atoms with Crippen LogP contribution in [0.15, 0.2) is 54.7 Å². The van der Waals surface area contributed by atoms with Crippen molar-refractivity contribution in [2.75, 3.05) is 0 Å². The van der Waals surface area contributed by atoms with Gasteiger partial charge in [-0.3, -0.25) is 4.98 Å². The van der Waals surface area contributed by atoms with E-state index < -0.39 is 14.2 Å². The summed E-state index contributed by atoms with van der Waals surface area (Å²) in [5.41, 5.74) is 2.39. The van der Waals surface area contributed by atoms with Gasteiger partial charge in [-0.25, -0.2) is 0 Å². The quantitative estimate of drug-likeness (QED) is 0.535. The van der Waals surface area contributed by atoms with Crippen LogP contribution in [-0.4, -0.2) is 39.3 Å². The lowest BCUT2D eigenvalue weighted by Gasteiger charge is -1.82. The molecule has 5 nitrogen and oxygen atoms in total. The number of hydrogen-bond acceptors (Lipinski definition) is 5. The summed E-state index contributed by atoms with van der Waals surface area (Å²) in [6, 6.07) is 16.1. The lowest BCUT2D eigenvalue weighted by Crippen LogP contribution is -2.00. The van der Waals surface area contributed by atoms with Crippen molar-refractivity contribution in [3.63, 3.8) is 0 Å². The van der Waals surface area contributed by atoms with Crippen molar-refractivity contribution in [2.24, 2.45) is 0 Å². The molecule has 148 valence electrons. The number of rotatable bonds is 0. The first-order chi connectivity index (χ1) is 12.3. The Balaban J connectivity index is -0.000000120. The highest BCUT2D eigenvalue weighted by molar-refractivity contribution is 6.39. The molecule has 0 saturated carbocycles. The minimum Gasteiger partial charge on any atom is -0.427 e. The SMILES string of the molecule is CB(O)O.CB(O)O.CC.CC.Cc1ccccc1.Cc1ccccn1. The summed E-state index contributed by atoms with van der Waals surface area (Å²) in [4.78, 5) is 3.98. The molecular formula is C19H37B2NO4. The van der Waals surface area contributed by atoms with E-state index in [2.05, 4.69) is 24.0 Å². The van der Waals surface area contributed by atoms with E-state index in [0.717, 1.165) is 5.69 Å². The van der Waals surface area contributed by atoms with Gasteiger partial charge in [-0.15, -0.1) is 0 Å². The third-order valence-corrected chi connectivity index (χ3v) is 1.75. The van der Waals surface area contributed by atoms with Crippen molar-refractivity contribution < 1.29 is 20.1 Å². The Hall–Kier alpha value is -1.66. The lowest BCUT2D eigenvalue weighted by molar-refractivity contribution is 0.415. The Labute approximate surface area is 161 Å². The molecule has 0 bridgehead atoms. The van der Waals surface area contributed by atoms with Gasteiger partial charge in [-0.2, -0.15) is 0 Å². The molecule has 7 heteroatoms. The lowest BCUT2D eigenvalue weighted by atomic mass is 9.99. The molecule has 0 atom stereocenters. The van der Waals surface area contributed by atoms with Crippen LogP contribution in [0.25, 0.3) is 0 Å². The number of benzene rings is 1. The second-order valence-corrected chi connectivity index (χ2v) is 4.39. The molecule has 1 aromatic heterocycles. The maximum absolute atomic E-state index is 7.61. The smallest absolute Gasteiger partial charge is 0.427 e. The normalized spacial score (nSPS) is 7.23. The summed E-state index contributed by atoms with van der Waals surface area (Å²) < 4.78 is 0. The Morgan fingerprint density at radius 3 is 1.15 bits per heavy atom. The van der Waals surface area contributed by atoms with Crippen LogP contribution in [0.2, 0.25) is 13.6 Å². The molecule has 0 spiro atoms. The first-order valence-corrected chi connectivity index (χ1v) is 8.87. The van der Waals surface area contributed by atoms with Gasteiger partial charge in [0.25, 0.3) is 0 Å². The van der Waals surface area contributed by atoms with E-state index in [4.69, 9.17) is 20.1 Å². The predicted octanol–water partition coefficient (Wildman–Crippen LogP) is 3.62. The largest absolute Gasteiger partial charge is 0.448 e. The van der Waals surface area contributed by atoms with Gasteiger partial charge in [-0.05, 0) is 39.6 Å². The topological polar surface area (TPSA) is 93.8 Å². The van der Waals surface area contributed by atoms with Crippen LogP contribution in [0.3, 0.4) is 0 Å². The van der Waals surface area contributed by atoms with E-state index in [0.29, 0.717) is 0 Å². The number of nitrogens with zero attached hydrogens (tertiary/aromatic N) is 1. The van der Waals surface area contributed by atoms with Crippen LogP contribution < -0.4 is 0 Å². The monoisotopic (exact) mass is 365 g/mol. The highest BCUT2D eigenvalue weighted by atomic mass is 16.4. The predicted molar refractivity (Wildman–Crippen MR) is 115 cm³/mol. The Morgan fingerprint density at radius 2 is 1.00 bits per heavy atom. The van der Waals surface area contributed by atoms with Gasteiger partial charge < -0.3 is 20.1 Å². The van der Waals surface area contributed by atoms with Crippen molar-refractivity contribution in [1.29, 1.82) is 0 Å². The van der Waals surface area contributed by atoms with Crippen LogP contribution in [0.5, 0.6) is 0 Å². The zero-order valence-electron chi connectivity index (χ0n) is 17.6. The summed E-state index contributed by atoms with van der Waals surface area (Å²) in [6.45, 7) is 14.6. The molecule has 1 aromatic carbocycles.